The maximum absolute atomic E-state index is 11.7. The molecule has 0 saturated carbocycles. The van der Waals surface area contributed by atoms with Crippen LogP contribution in [-0.2, 0) is 16.1 Å². The highest BCUT2D eigenvalue weighted by Crippen LogP contribution is 2.06. The molecule has 0 spiro atoms. The zero-order valence-corrected chi connectivity index (χ0v) is 12.6. The predicted molar refractivity (Wildman–Crippen MR) is 81.8 cm³/mol. The van der Waals surface area contributed by atoms with Crippen LogP contribution in [-0.4, -0.2) is 25.5 Å². The summed E-state index contributed by atoms with van der Waals surface area (Å²) in [6, 6.07) is 7.02. The quantitative estimate of drug-likeness (QED) is 0.539. The van der Waals surface area contributed by atoms with Crippen molar-refractivity contribution in [1.29, 1.82) is 0 Å². The van der Waals surface area contributed by atoms with Gasteiger partial charge in [-0.25, -0.2) is 4.79 Å². The van der Waals surface area contributed by atoms with E-state index in [0.29, 0.717) is 25.1 Å². The van der Waals surface area contributed by atoms with E-state index in [1.165, 1.54) is 7.11 Å². The molecule has 1 amide bonds. The number of carbonyl (C=O) groups excluding carboxylic acids is 2. The number of amides is 1. The predicted octanol–water partition coefficient (Wildman–Crippen LogP) is 2.00. The second-order valence-electron chi connectivity index (χ2n) is 4.92. The lowest BCUT2D eigenvalue weighted by molar-refractivity contribution is -0.121. The number of rotatable bonds is 9. The molecule has 0 aliphatic rings. The molecule has 5 heteroatoms. The highest BCUT2D eigenvalue weighted by Gasteiger charge is 2.05. The molecule has 0 unspecified atom stereocenters. The van der Waals surface area contributed by atoms with Gasteiger partial charge in [-0.15, -0.1) is 0 Å². The van der Waals surface area contributed by atoms with Gasteiger partial charge in [-0.3, -0.25) is 4.79 Å². The van der Waals surface area contributed by atoms with Crippen molar-refractivity contribution >= 4 is 11.9 Å². The van der Waals surface area contributed by atoms with Crippen molar-refractivity contribution in [2.45, 2.75) is 38.6 Å². The molecule has 0 aromatic heterocycles. The van der Waals surface area contributed by atoms with Crippen LogP contribution in [0, 0.1) is 0 Å². The van der Waals surface area contributed by atoms with E-state index in [-0.39, 0.29) is 11.9 Å². The van der Waals surface area contributed by atoms with Crippen LogP contribution in [0.3, 0.4) is 0 Å². The minimum absolute atomic E-state index is 0.0554. The van der Waals surface area contributed by atoms with Gasteiger partial charge in [0.25, 0.3) is 0 Å². The van der Waals surface area contributed by atoms with Crippen molar-refractivity contribution in [3.8, 4) is 0 Å². The molecule has 1 aromatic rings. The summed E-state index contributed by atoms with van der Waals surface area (Å²) in [7, 11) is 1.35. The summed E-state index contributed by atoms with van der Waals surface area (Å²) in [6.45, 7) is 1.19. The molecule has 0 saturated heterocycles. The number of esters is 1. The Hall–Kier alpha value is -1.88. The van der Waals surface area contributed by atoms with E-state index in [0.717, 1.165) is 31.2 Å². The molecular weight excluding hydrogens is 268 g/mol. The minimum atomic E-state index is -0.358. The SMILES string of the molecule is COC(=O)c1ccc(CNC(=O)CCCCCCN)cc1. The van der Waals surface area contributed by atoms with Gasteiger partial charge in [0.15, 0.2) is 0 Å². The molecule has 0 heterocycles. The van der Waals surface area contributed by atoms with Crippen LogP contribution in [0.5, 0.6) is 0 Å². The third-order valence-corrected chi connectivity index (χ3v) is 3.22. The Balaban J connectivity index is 2.25. The normalized spacial score (nSPS) is 10.2. The number of hydrogen-bond donors (Lipinski definition) is 2. The maximum atomic E-state index is 11.7. The Bertz CT molecular complexity index is 443. The second-order valence-corrected chi connectivity index (χ2v) is 4.92. The average Bonchev–Trinajstić information content (AvgIpc) is 2.52. The smallest absolute Gasteiger partial charge is 0.337 e. The van der Waals surface area contributed by atoms with Gasteiger partial charge in [0.2, 0.25) is 5.91 Å². The maximum Gasteiger partial charge on any atom is 0.337 e. The molecule has 0 aliphatic carbocycles. The Labute approximate surface area is 125 Å². The first-order valence-electron chi connectivity index (χ1n) is 7.31. The van der Waals surface area contributed by atoms with Gasteiger partial charge in [0.1, 0.15) is 0 Å². The first kappa shape index (κ1) is 17.2. The first-order chi connectivity index (χ1) is 10.2. The van der Waals surface area contributed by atoms with E-state index >= 15 is 0 Å². The molecule has 21 heavy (non-hydrogen) atoms. The van der Waals surface area contributed by atoms with Gasteiger partial charge in [0.05, 0.1) is 12.7 Å². The standard InChI is InChI=1S/C16H24N2O3/c1-21-16(20)14-9-7-13(8-10-14)12-18-15(19)6-4-2-3-5-11-17/h7-10H,2-6,11-12,17H2,1H3,(H,18,19). The van der Waals surface area contributed by atoms with Crippen LogP contribution >= 0.6 is 0 Å². The molecule has 1 rings (SSSR count). The zero-order valence-electron chi connectivity index (χ0n) is 12.6. The van der Waals surface area contributed by atoms with Crippen molar-refractivity contribution in [2.75, 3.05) is 13.7 Å². The van der Waals surface area contributed by atoms with Crippen LogP contribution in [0.15, 0.2) is 24.3 Å². The largest absolute Gasteiger partial charge is 0.465 e. The Morgan fingerprint density at radius 1 is 1.10 bits per heavy atom. The zero-order chi connectivity index (χ0) is 15.5. The van der Waals surface area contributed by atoms with Crippen molar-refractivity contribution in [1.82, 2.24) is 5.32 Å². The van der Waals surface area contributed by atoms with Crippen LogP contribution in [0.1, 0.15) is 48.0 Å². The number of nitrogens with two attached hydrogens (primary N) is 1. The third-order valence-electron chi connectivity index (χ3n) is 3.22. The topological polar surface area (TPSA) is 81.4 Å². The highest BCUT2D eigenvalue weighted by atomic mass is 16.5. The molecule has 0 bridgehead atoms. The summed E-state index contributed by atoms with van der Waals surface area (Å²) in [5, 5.41) is 2.87. The van der Waals surface area contributed by atoms with Crippen molar-refractivity contribution < 1.29 is 14.3 Å². The van der Waals surface area contributed by atoms with Gasteiger partial charge in [0, 0.05) is 13.0 Å². The highest BCUT2D eigenvalue weighted by molar-refractivity contribution is 5.89. The van der Waals surface area contributed by atoms with Crippen LogP contribution < -0.4 is 11.1 Å². The number of nitrogens with one attached hydrogen (secondary N) is 1. The number of carbonyl (C=O) groups is 2. The second kappa shape index (κ2) is 9.94. The monoisotopic (exact) mass is 292 g/mol. The van der Waals surface area contributed by atoms with E-state index in [4.69, 9.17) is 5.73 Å². The molecule has 0 radical (unpaired) electrons. The average molecular weight is 292 g/mol. The molecule has 116 valence electrons. The number of methoxy groups -OCH3 is 1. The van der Waals surface area contributed by atoms with Gasteiger partial charge in [-0.05, 0) is 37.1 Å². The summed E-state index contributed by atoms with van der Waals surface area (Å²) in [4.78, 5) is 22.9. The van der Waals surface area contributed by atoms with Crippen LogP contribution in [0.4, 0.5) is 0 Å². The van der Waals surface area contributed by atoms with Gasteiger partial charge in [-0.1, -0.05) is 25.0 Å². The molecule has 3 N–H and O–H groups in total. The van der Waals surface area contributed by atoms with Crippen molar-refractivity contribution in [3.05, 3.63) is 35.4 Å². The number of ether oxygens (including phenoxy) is 1. The fourth-order valence-electron chi connectivity index (χ4n) is 1.95. The summed E-state index contributed by atoms with van der Waals surface area (Å²) < 4.78 is 4.63. The fraction of sp³-hybridized carbons (Fsp3) is 0.500. The molecular formula is C16H24N2O3. The third kappa shape index (κ3) is 6.90. The van der Waals surface area contributed by atoms with E-state index in [2.05, 4.69) is 10.1 Å². The van der Waals surface area contributed by atoms with Crippen molar-refractivity contribution in [2.24, 2.45) is 5.73 Å². The van der Waals surface area contributed by atoms with Crippen LogP contribution in [0.25, 0.3) is 0 Å². The Morgan fingerprint density at radius 2 is 1.76 bits per heavy atom. The van der Waals surface area contributed by atoms with Crippen LogP contribution in [0.2, 0.25) is 0 Å². The Morgan fingerprint density at radius 3 is 2.38 bits per heavy atom. The summed E-state index contributed by atoms with van der Waals surface area (Å²) in [6.07, 6.45) is 4.59. The van der Waals surface area contributed by atoms with Crippen molar-refractivity contribution in [3.63, 3.8) is 0 Å². The number of benzene rings is 1. The summed E-state index contributed by atoms with van der Waals surface area (Å²) in [5.74, 6) is -0.303. The lowest BCUT2D eigenvalue weighted by atomic mass is 10.1. The lowest BCUT2D eigenvalue weighted by Crippen LogP contribution is -2.22. The minimum Gasteiger partial charge on any atom is -0.465 e. The molecule has 0 atom stereocenters. The lowest BCUT2D eigenvalue weighted by Gasteiger charge is -2.06. The van der Waals surface area contributed by atoms with Gasteiger partial charge in [-0.2, -0.15) is 0 Å². The Kier molecular flexibility index (Phi) is 8.12. The molecule has 1 aromatic carbocycles. The molecule has 5 nitrogen and oxygen atoms in total. The number of hydrogen-bond acceptors (Lipinski definition) is 4. The van der Waals surface area contributed by atoms with Gasteiger partial charge >= 0.3 is 5.97 Å². The fourth-order valence-corrected chi connectivity index (χ4v) is 1.95. The van der Waals surface area contributed by atoms with E-state index in [1.807, 2.05) is 12.1 Å². The summed E-state index contributed by atoms with van der Waals surface area (Å²) >= 11 is 0. The van der Waals surface area contributed by atoms with E-state index in [1.54, 1.807) is 12.1 Å². The molecule has 0 fully saturated rings. The van der Waals surface area contributed by atoms with Gasteiger partial charge < -0.3 is 15.8 Å². The van der Waals surface area contributed by atoms with E-state index < -0.39 is 0 Å². The first-order valence-corrected chi connectivity index (χ1v) is 7.31. The number of unbranched alkanes of at least 4 members (excludes halogenated alkanes) is 3. The summed E-state index contributed by atoms with van der Waals surface area (Å²) in [5.41, 5.74) is 6.88. The molecule has 0 aliphatic heterocycles. The van der Waals surface area contributed by atoms with E-state index in [9.17, 15) is 9.59 Å².